The topological polar surface area (TPSA) is 29.3 Å². The molecule has 2 heteroatoms. The minimum atomic E-state index is 0.351. The Balaban J connectivity index is 1.74. The quantitative estimate of drug-likeness (QED) is 0.785. The van der Waals surface area contributed by atoms with Gasteiger partial charge >= 0.3 is 0 Å². The van der Waals surface area contributed by atoms with E-state index in [9.17, 15) is 0 Å². The van der Waals surface area contributed by atoms with Crippen molar-refractivity contribution in [1.29, 1.82) is 0 Å². The van der Waals surface area contributed by atoms with E-state index in [2.05, 4.69) is 11.8 Å². The van der Waals surface area contributed by atoms with Crippen LogP contribution >= 0.6 is 0 Å². The van der Waals surface area contributed by atoms with Gasteiger partial charge in [0.25, 0.3) is 0 Å². The summed E-state index contributed by atoms with van der Waals surface area (Å²) in [6, 6.07) is 0. The van der Waals surface area contributed by atoms with Gasteiger partial charge < -0.3 is 5.73 Å². The molecular formula is C16H30N2. The maximum absolute atomic E-state index is 6.28. The molecule has 2 unspecified atom stereocenters. The third-order valence-corrected chi connectivity index (χ3v) is 5.75. The summed E-state index contributed by atoms with van der Waals surface area (Å²) in [5.41, 5.74) is 6.63. The molecule has 0 bridgehead atoms. The zero-order valence-corrected chi connectivity index (χ0v) is 12.0. The second-order valence-corrected chi connectivity index (χ2v) is 7.25. The summed E-state index contributed by atoms with van der Waals surface area (Å²) in [6.07, 6.45) is 11.4. The Kier molecular flexibility index (Phi) is 3.68. The highest BCUT2D eigenvalue weighted by Crippen LogP contribution is 2.43. The van der Waals surface area contributed by atoms with Gasteiger partial charge in [-0.1, -0.05) is 19.8 Å². The fourth-order valence-corrected chi connectivity index (χ4v) is 3.96. The van der Waals surface area contributed by atoms with Crippen molar-refractivity contribution in [2.45, 2.75) is 63.8 Å². The van der Waals surface area contributed by atoms with E-state index in [1.54, 1.807) is 0 Å². The maximum atomic E-state index is 6.28. The van der Waals surface area contributed by atoms with Crippen molar-refractivity contribution >= 4 is 0 Å². The van der Waals surface area contributed by atoms with Crippen LogP contribution in [0.5, 0.6) is 0 Å². The molecule has 3 aliphatic rings. The number of hydrogen-bond donors (Lipinski definition) is 1. The van der Waals surface area contributed by atoms with Gasteiger partial charge in [-0.2, -0.15) is 0 Å². The average Bonchev–Trinajstić information content (AvgIpc) is 3.24. The zero-order valence-electron chi connectivity index (χ0n) is 12.0. The van der Waals surface area contributed by atoms with E-state index in [4.69, 9.17) is 5.73 Å². The van der Waals surface area contributed by atoms with Gasteiger partial charge in [0.15, 0.2) is 0 Å². The molecule has 0 heterocycles. The number of rotatable bonds is 6. The molecule has 0 amide bonds. The first kappa shape index (κ1) is 12.9. The van der Waals surface area contributed by atoms with Gasteiger partial charge in [0, 0.05) is 25.2 Å². The van der Waals surface area contributed by atoms with Crippen LogP contribution in [-0.2, 0) is 0 Å². The molecule has 2 N–H and O–H groups in total. The van der Waals surface area contributed by atoms with Crippen molar-refractivity contribution in [3.8, 4) is 0 Å². The summed E-state index contributed by atoms with van der Waals surface area (Å²) >= 11 is 0. The number of hydrogen-bond acceptors (Lipinski definition) is 2. The molecule has 3 aliphatic carbocycles. The van der Waals surface area contributed by atoms with Gasteiger partial charge in [0.2, 0.25) is 0 Å². The van der Waals surface area contributed by atoms with E-state index >= 15 is 0 Å². The van der Waals surface area contributed by atoms with E-state index < -0.39 is 0 Å². The van der Waals surface area contributed by atoms with Crippen molar-refractivity contribution in [1.82, 2.24) is 4.90 Å². The molecule has 3 rings (SSSR count). The standard InChI is InChI=1S/C16H30N2/c1-13-4-2-3-9-16(13,12-17)18(10-14-5-6-14)11-15-7-8-15/h13-15H,2-12,17H2,1H3. The lowest BCUT2D eigenvalue weighted by Crippen LogP contribution is -2.60. The fraction of sp³-hybridized carbons (Fsp3) is 1.00. The van der Waals surface area contributed by atoms with E-state index in [0.29, 0.717) is 5.54 Å². The van der Waals surface area contributed by atoms with Gasteiger partial charge in [-0.05, 0) is 56.3 Å². The Morgan fingerprint density at radius 2 is 1.61 bits per heavy atom. The highest BCUT2D eigenvalue weighted by Gasteiger charge is 2.45. The lowest BCUT2D eigenvalue weighted by atomic mass is 9.72. The molecule has 3 saturated carbocycles. The number of nitrogens with zero attached hydrogens (tertiary/aromatic N) is 1. The summed E-state index contributed by atoms with van der Waals surface area (Å²) in [5, 5.41) is 0. The molecule has 2 atom stereocenters. The van der Waals surface area contributed by atoms with Crippen LogP contribution in [0.25, 0.3) is 0 Å². The van der Waals surface area contributed by atoms with Crippen molar-refractivity contribution in [2.24, 2.45) is 23.5 Å². The average molecular weight is 250 g/mol. The molecule has 104 valence electrons. The summed E-state index contributed by atoms with van der Waals surface area (Å²) in [6.45, 7) is 6.03. The van der Waals surface area contributed by atoms with Gasteiger partial charge in [0.1, 0.15) is 0 Å². The largest absolute Gasteiger partial charge is 0.329 e. The lowest BCUT2D eigenvalue weighted by molar-refractivity contribution is 0.00613. The second-order valence-electron chi connectivity index (χ2n) is 7.25. The Morgan fingerprint density at radius 3 is 2.06 bits per heavy atom. The van der Waals surface area contributed by atoms with Crippen molar-refractivity contribution < 1.29 is 0 Å². The van der Waals surface area contributed by atoms with Gasteiger partial charge in [-0.25, -0.2) is 0 Å². The van der Waals surface area contributed by atoms with Crippen molar-refractivity contribution in [2.75, 3.05) is 19.6 Å². The van der Waals surface area contributed by atoms with Crippen LogP contribution in [0, 0.1) is 17.8 Å². The normalized spacial score (nSPS) is 37.2. The molecule has 0 aromatic heterocycles. The SMILES string of the molecule is CC1CCCCC1(CN)N(CC1CC1)CC1CC1. The third kappa shape index (κ3) is 2.60. The van der Waals surface area contributed by atoms with Crippen LogP contribution in [0.4, 0.5) is 0 Å². The van der Waals surface area contributed by atoms with E-state index in [1.165, 1.54) is 64.5 Å². The first-order valence-electron chi connectivity index (χ1n) is 8.20. The summed E-state index contributed by atoms with van der Waals surface area (Å²) < 4.78 is 0. The maximum Gasteiger partial charge on any atom is 0.0357 e. The summed E-state index contributed by atoms with van der Waals surface area (Å²) in [4.78, 5) is 2.85. The number of nitrogens with two attached hydrogens (primary N) is 1. The van der Waals surface area contributed by atoms with Crippen LogP contribution in [0.1, 0.15) is 58.3 Å². The molecule has 0 aromatic carbocycles. The Morgan fingerprint density at radius 1 is 1.00 bits per heavy atom. The van der Waals surface area contributed by atoms with Crippen LogP contribution in [0.15, 0.2) is 0 Å². The van der Waals surface area contributed by atoms with Crippen molar-refractivity contribution in [3.63, 3.8) is 0 Å². The highest BCUT2D eigenvalue weighted by molar-refractivity contribution is 5.01. The smallest absolute Gasteiger partial charge is 0.0357 e. The van der Waals surface area contributed by atoms with Crippen LogP contribution < -0.4 is 5.73 Å². The molecule has 0 radical (unpaired) electrons. The third-order valence-electron chi connectivity index (χ3n) is 5.75. The van der Waals surface area contributed by atoms with E-state index in [1.807, 2.05) is 0 Å². The van der Waals surface area contributed by atoms with Crippen LogP contribution in [0.3, 0.4) is 0 Å². The zero-order chi connectivity index (χ0) is 12.6. The lowest BCUT2D eigenvalue weighted by Gasteiger charge is -2.50. The van der Waals surface area contributed by atoms with Gasteiger partial charge in [-0.3, -0.25) is 4.90 Å². The minimum absolute atomic E-state index is 0.351. The van der Waals surface area contributed by atoms with E-state index in [-0.39, 0.29) is 0 Å². The van der Waals surface area contributed by atoms with Crippen LogP contribution in [0.2, 0.25) is 0 Å². The molecule has 3 fully saturated rings. The van der Waals surface area contributed by atoms with Crippen LogP contribution in [-0.4, -0.2) is 30.1 Å². The molecule has 0 aliphatic heterocycles. The first-order chi connectivity index (χ1) is 8.74. The van der Waals surface area contributed by atoms with Gasteiger partial charge in [-0.15, -0.1) is 0 Å². The molecule has 0 saturated heterocycles. The molecule has 0 spiro atoms. The summed E-state index contributed by atoms with van der Waals surface area (Å²) in [5.74, 6) is 2.80. The minimum Gasteiger partial charge on any atom is -0.329 e. The summed E-state index contributed by atoms with van der Waals surface area (Å²) in [7, 11) is 0. The molecule has 2 nitrogen and oxygen atoms in total. The Hall–Kier alpha value is -0.0800. The molecular weight excluding hydrogens is 220 g/mol. The first-order valence-corrected chi connectivity index (χ1v) is 8.20. The predicted molar refractivity (Wildman–Crippen MR) is 76.4 cm³/mol. The predicted octanol–water partition coefficient (Wildman–Crippen LogP) is 3.02. The second kappa shape index (κ2) is 5.13. The highest BCUT2D eigenvalue weighted by atomic mass is 15.2. The Bertz CT molecular complexity index is 269. The van der Waals surface area contributed by atoms with Crippen molar-refractivity contribution in [3.05, 3.63) is 0 Å². The fourth-order valence-electron chi connectivity index (χ4n) is 3.96. The van der Waals surface area contributed by atoms with Gasteiger partial charge in [0.05, 0.1) is 0 Å². The monoisotopic (exact) mass is 250 g/mol. The molecule has 18 heavy (non-hydrogen) atoms. The van der Waals surface area contributed by atoms with E-state index in [0.717, 1.165) is 24.3 Å². The Labute approximate surface area is 112 Å². The molecule has 0 aromatic rings.